The van der Waals surface area contributed by atoms with Crippen molar-refractivity contribution in [2.45, 2.75) is 57.8 Å². The highest BCUT2D eigenvalue weighted by atomic mass is 14.9. The number of aromatic nitrogens is 8. The monoisotopic (exact) mass is 1700 g/mol. The number of rotatable bonds is 10. The van der Waals surface area contributed by atoms with Gasteiger partial charge in [-0.25, -0.2) is 24.9 Å². The second-order valence-electron chi connectivity index (χ2n) is 36.8. The molecular weight excluding hydrogens is 1610 g/mol. The third-order valence-electron chi connectivity index (χ3n) is 27.9. The first-order valence-electron chi connectivity index (χ1n) is 45.7. The molecule has 3 aliphatic carbocycles. The van der Waals surface area contributed by atoms with Crippen LogP contribution in [0.4, 0.5) is 0 Å². The standard InChI is InChI=1S/C48H33N3.C39H28N4.C38H27N/c1-48(2)41-13-5-3-11-39(41)47-46(48)45(40-12-4-6-14-44(40)51-47)31-17-15-30(16-18-31)36-27-37(32-19-21-42-34(25-32)9-7-23-49-42)29-38(28-36)33-20-22-43-35(26-33)10-8-24-50-43;1-39(2)31-16-8-6-14-29(31)37-36(39)35(30-15-7-9-17-32(30)41-37)26-20-18-25(19-21-26)33-23-34(28-13-10-22-40-24-28)43-38(42-33)27-11-4-3-5-12-27;1-38(2)33-17-9-7-15-30(33)37-36(38)35(31-16-8-10-18-34(31)39-37)25-21-19-24(20-22-25)32-23-26-11-3-4-12-27(26)28-13-5-6-14-29(28)32/h3-29H,1-2H3;3-24H,1-2H3;3-23H,1-2H3. The Morgan fingerprint density at radius 3 is 1.02 bits per heavy atom. The SMILES string of the molecule is CC1(C)c2ccccc2-c2nc3ccccc3c(-c3ccc(-c4cc(-c5ccc6ncccc6c5)cc(-c5ccc6ncccc6c5)c4)cc3)c21.CC1(C)c2ccccc2-c2nc3ccccc3c(-c3ccc(-c4cc(-c5cccnc5)nc(-c5ccccc5)n4)cc3)c21.CC1(C)c2ccccc2-c2nc3ccccc3c(-c3ccc(-c4cc5ccccc5c5ccccc45)cc3)c21. The molecule has 0 fully saturated rings. The van der Waals surface area contributed by atoms with Crippen molar-refractivity contribution in [1.82, 2.24) is 39.9 Å². The molecule has 0 N–H and O–H groups in total. The minimum absolute atomic E-state index is 0.133. The van der Waals surface area contributed by atoms with Crippen molar-refractivity contribution < 1.29 is 0 Å². The van der Waals surface area contributed by atoms with Crippen molar-refractivity contribution in [1.29, 1.82) is 0 Å². The quantitative estimate of drug-likeness (QED) is 0.125. The van der Waals surface area contributed by atoms with Crippen LogP contribution in [0.1, 0.15) is 74.9 Å². The Hall–Kier alpha value is -16.7. The normalized spacial score (nSPS) is 13.2. The molecule has 0 radical (unpaired) electrons. The maximum atomic E-state index is 5.25. The molecule has 133 heavy (non-hydrogen) atoms. The molecule has 628 valence electrons. The molecule has 0 amide bonds. The first-order valence-corrected chi connectivity index (χ1v) is 45.7. The Labute approximate surface area is 772 Å². The second-order valence-corrected chi connectivity index (χ2v) is 36.8. The largest absolute Gasteiger partial charge is 0.264 e. The van der Waals surface area contributed by atoms with Gasteiger partial charge in [-0.2, -0.15) is 0 Å². The minimum Gasteiger partial charge on any atom is -0.264 e. The third-order valence-corrected chi connectivity index (χ3v) is 27.9. The summed E-state index contributed by atoms with van der Waals surface area (Å²) in [5.74, 6) is 0.693. The molecule has 8 nitrogen and oxygen atoms in total. The fraction of sp³-hybridized carbons (Fsp3) is 0.0720. The van der Waals surface area contributed by atoms with E-state index < -0.39 is 0 Å². The van der Waals surface area contributed by atoms with E-state index in [0.717, 1.165) is 83.5 Å². The van der Waals surface area contributed by atoms with Crippen molar-refractivity contribution in [3.63, 3.8) is 0 Å². The summed E-state index contributed by atoms with van der Waals surface area (Å²) >= 11 is 0. The van der Waals surface area contributed by atoms with Crippen LogP contribution in [0.15, 0.2) is 425 Å². The molecule has 23 aromatic rings. The van der Waals surface area contributed by atoms with Gasteiger partial charge < -0.3 is 0 Å². The highest BCUT2D eigenvalue weighted by molar-refractivity contribution is 6.14. The van der Waals surface area contributed by atoms with E-state index in [0.29, 0.717) is 5.82 Å². The van der Waals surface area contributed by atoms with Gasteiger partial charge >= 0.3 is 0 Å². The van der Waals surface area contributed by atoms with Crippen molar-refractivity contribution in [3.8, 4) is 146 Å². The van der Waals surface area contributed by atoms with Crippen LogP contribution in [0.25, 0.3) is 222 Å². The van der Waals surface area contributed by atoms with E-state index in [-0.39, 0.29) is 16.2 Å². The summed E-state index contributed by atoms with van der Waals surface area (Å²) < 4.78 is 0. The van der Waals surface area contributed by atoms with Crippen LogP contribution in [0.5, 0.6) is 0 Å². The first kappa shape index (κ1) is 79.7. The van der Waals surface area contributed by atoms with Crippen LogP contribution < -0.4 is 0 Å². The lowest BCUT2D eigenvalue weighted by Crippen LogP contribution is -2.16. The predicted molar refractivity (Wildman–Crippen MR) is 551 cm³/mol. The second kappa shape index (κ2) is 31.9. The summed E-state index contributed by atoms with van der Waals surface area (Å²) in [6.07, 6.45) is 7.32. The number of para-hydroxylation sites is 3. The molecule has 0 saturated carbocycles. The van der Waals surface area contributed by atoms with Crippen LogP contribution >= 0.6 is 0 Å². The summed E-state index contributed by atoms with van der Waals surface area (Å²) in [6.45, 7) is 14.0. The zero-order chi connectivity index (χ0) is 89.2. The Morgan fingerprint density at radius 1 is 0.195 bits per heavy atom. The summed E-state index contributed by atoms with van der Waals surface area (Å²) in [7, 11) is 0. The minimum atomic E-state index is -0.176. The topological polar surface area (TPSA) is 103 Å². The van der Waals surface area contributed by atoms with Gasteiger partial charge in [-0.1, -0.05) is 345 Å². The maximum absolute atomic E-state index is 5.25. The molecule has 7 heterocycles. The Balaban J connectivity index is 0.000000111. The van der Waals surface area contributed by atoms with Crippen molar-refractivity contribution in [3.05, 3.63) is 459 Å². The zero-order valence-corrected chi connectivity index (χ0v) is 74.5. The molecule has 0 aliphatic heterocycles. The summed E-state index contributed by atoms with van der Waals surface area (Å²) in [5, 5.41) is 11.0. The molecule has 26 rings (SSSR count). The fourth-order valence-electron chi connectivity index (χ4n) is 21.4. The van der Waals surface area contributed by atoms with E-state index >= 15 is 0 Å². The van der Waals surface area contributed by atoms with Gasteiger partial charge in [0.25, 0.3) is 0 Å². The fourth-order valence-corrected chi connectivity index (χ4v) is 21.4. The third kappa shape index (κ3) is 13.7. The van der Waals surface area contributed by atoms with Gasteiger partial charge in [-0.3, -0.25) is 15.0 Å². The van der Waals surface area contributed by atoms with Gasteiger partial charge in [0.05, 0.1) is 56.1 Å². The number of pyridine rings is 6. The molecule has 8 heteroatoms. The Bertz CT molecular complexity index is 8480. The molecule has 0 unspecified atom stereocenters. The van der Waals surface area contributed by atoms with Crippen molar-refractivity contribution in [2.75, 3.05) is 0 Å². The molecule has 0 atom stereocenters. The molecule has 0 saturated heterocycles. The Morgan fingerprint density at radius 2 is 0.549 bits per heavy atom. The molecule has 0 bridgehead atoms. The van der Waals surface area contributed by atoms with E-state index in [2.05, 4.69) is 402 Å². The average molecular weight is 1700 g/mol. The predicted octanol–water partition coefficient (Wildman–Crippen LogP) is 31.9. The van der Waals surface area contributed by atoms with Gasteiger partial charge in [-0.05, 0) is 230 Å². The number of fused-ring (bicyclic) bond motifs is 17. The van der Waals surface area contributed by atoms with Gasteiger partial charge in [0.1, 0.15) is 0 Å². The van der Waals surface area contributed by atoms with E-state index in [1.807, 2.05) is 73.2 Å². The summed E-state index contributed by atoms with van der Waals surface area (Å²) in [6, 6.07) is 143. The van der Waals surface area contributed by atoms with Gasteiger partial charge in [0.15, 0.2) is 5.82 Å². The summed E-state index contributed by atoms with van der Waals surface area (Å²) in [4.78, 5) is 39.0. The number of hydrogen-bond acceptors (Lipinski definition) is 8. The molecule has 0 spiro atoms. The van der Waals surface area contributed by atoms with Gasteiger partial charge in [0.2, 0.25) is 0 Å². The van der Waals surface area contributed by atoms with Crippen LogP contribution in [0.2, 0.25) is 0 Å². The lowest BCUT2D eigenvalue weighted by Gasteiger charge is -2.25. The first-order chi connectivity index (χ1) is 65.2. The average Bonchev–Trinajstić information content (AvgIpc) is 1.57. The van der Waals surface area contributed by atoms with E-state index in [1.165, 1.54) is 166 Å². The number of nitrogens with zero attached hydrogens (tertiary/aromatic N) is 8. The van der Waals surface area contributed by atoms with Crippen molar-refractivity contribution in [2.24, 2.45) is 0 Å². The van der Waals surface area contributed by atoms with Gasteiger partial charge in [-0.15, -0.1) is 0 Å². The Kier molecular flexibility index (Phi) is 19.1. The van der Waals surface area contributed by atoms with E-state index in [4.69, 9.17) is 24.9 Å². The molecule has 3 aliphatic rings. The smallest absolute Gasteiger partial charge is 0.160 e. The maximum Gasteiger partial charge on any atom is 0.160 e. The number of hydrogen-bond donors (Lipinski definition) is 0. The van der Waals surface area contributed by atoms with Gasteiger partial charge in [0, 0.05) is 101 Å². The molecular formula is C125H88N8. The highest BCUT2D eigenvalue weighted by Gasteiger charge is 2.43. The highest BCUT2D eigenvalue weighted by Crippen LogP contribution is 2.57. The zero-order valence-electron chi connectivity index (χ0n) is 74.5. The van der Waals surface area contributed by atoms with Crippen molar-refractivity contribution >= 4 is 76.1 Å². The van der Waals surface area contributed by atoms with Crippen LogP contribution in [-0.2, 0) is 16.2 Å². The van der Waals surface area contributed by atoms with E-state index in [1.54, 1.807) is 6.20 Å². The lowest BCUT2D eigenvalue weighted by molar-refractivity contribution is 0.661. The lowest BCUT2D eigenvalue weighted by atomic mass is 9.78. The summed E-state index contributed by atoms with van der Waals surface area (Å²) in [5.41, 5.74) is 41.2. The molecule has 16 aromatic carbocycles. The van der Waals surface area contributed by atoms with E-state index in [9.17, 15) is 0 Å². The molecule has 7 aromatic heterocycles. The van der Waals surface area contributed by atoms with Crippen LogP contribution in [0.3, 0.4) is 0 Å². The van der Waals surface area contributed by atoms with Crippen LogP contribution in [-0.4, -0.2) is 39.9 Å². The van der Waals surface area contributed by atoms with Crippen LogP contribution in [0, 0.1) is 0 Å². The number of benzene rings is 16.